The lowest BCUT2D eigenvalue weighted by molar-refractivity contribution is 0.415. The SMILES string of the molecule is COc1ccc(-c2cnc3c(F)cc4ccncc4c3c2)cc1. The maximum atomic E-state index is 14.2. The quantitative estimate of drug-likeness (QED) is 0.508. The van der Waals surface area contributed by atoms with Gasteiger partial charge in [0.15, 0.2) is 0 Å². The third-order valence-electron chi connectivity index (χ3n) is 3.96. The lowest BCUT2D eigenvalue weighted by Gasteiger charge is -2.08. The van der Waals surface area contributed by atoms with E-state index in [9.17, 15) is 4.39 Å². The number of benzene rings is 2. The van der Waals surface area contributed by atoms with Gasteiger partial charge in [-0.3, -0.25) is 9.97 Å². The summed E-state index contributed by atoms with van der Waals surface area (Å²) < 4.78 is 19.4. The number of aromatic nitrogens is 2. The van der Waals surface area contributed by atoms with Gasteiger partial charge in [-0.05, 0) is 41.3 Å². The number of methoxy groups -OCH3 is 1. The molecule has 0 radical (unpaired) electrons. The summed E-state index contributed by atoms with van der Waals surface area (Å²) in [5.74, 6) is 0.475. The van der Waals surface area contributed by atoms with Crippen molar-refractivity contribution in [1.29, 1.82) is 0 Å². The molecule has 2 aromatic heterocycles. The van der Waals surface area contributed by atoms with Crippen LogP contribution in [0.5, 0.6) is 5.75 Å². The summed E-state index contributed by atoms with van der Waals surface area (Å²) in [5.41, 5.74) is 2.29. The molecule has 0 aliphatic heterocycles. The number of pyridine rings is 2. The fourth-order valence-corrected chi connectivity index (χ4v) is 2.76. The molecule has 112 valence electrons. The first kappa shape index (κ1) is 13.6. The molecule has 0 fully saturated rings. The molecular weight excluding hydrogens is 291 g/mol. The van der Waals surface area contributed by atoms with E-state index in [0.717, 1.165) is 33.0 Å². The van der Waals surface area contributed by atoms with Crippen molar-refractivity contribution in [1.82, 2.24) is 9.97 Å². The zero-order valence-electron chi connectivity index (χ0n) is 12.5. The Hall–Kier alpha value is -3.01. The summed E-state index contributed by atoms with van der Waals surface area (Å²) in [6.07, 6.45) is 5.10. The zero-order chi connectivity index (χ0) is 15.8. The van der Waals surface area contributed by atoms with Gasteiger partial charge in [0.25, 0.3) is 0 Å². The van der Waals surface area contributed by atoms with Gasteiger partial charge in [0.2, 0.25) is 0 Å². The number of halogens is 1. The van der Waals surface area contributed by atoms with Crippen LogP contribution in [0.25, 0.3) is 32.8 Å². The van der Waals surface area contributed by atoms with E-state index in [-0.39, 0.29) is 5.82 Å². The van der Waals surface area contributed by atoms with Gasteiger partial charge in [0.1, 0.15) is 17.1 Å². The van der Waals surface area contributed by atoms with E-state index in [1.807, 2.05) is 30.3 Å². The highest BCUT2D eigenvalue weighted by Crippen LogP contribution is 2.30. The fourth-order valence-electron chi connectivity index (χ4n) is 2.76. The van der Waals surface area contributed by atoms with E-state index >= 15 is 0 Å². The van der Waals surface area contributed by atoms with Crippen LogP contribution in [-0.2, 0) is 0 Å². The number of ether oxygens (including phenoxy) is 1. The number of nitrogens with zero attached hydrogens (tertiary/aromatic N) is 2. The zero-order valence-corrected chi connectivity index (χ0v) is 12.5. The molecule has 0 saturated heterocycles. The number of rotatable bonds is 2. The second-order valence-corrected chi connectivity index (χ2v) is 5.30. The molecule has 0 bridgehead atoms. The minimum Gasteiger partial charge on any atom is -0.497 e. The third-order valence-corrected chi connectivity index (χ3v) is 3.96. The average molecular weight is 304 g/mol. The smallest absolute Gasteiger partial charge is 0.150 e. The van der Waals surface area contributed by atoms with Gasteiger partial charge < -0.3 is 4.74 Å². The lowest BCUT2D eigenvalue weighted by atomic mass is 10.0. The van der Waals surface area contributed by atoms with Gasteiger partial charge in [-0.2, -0.15) is 0 Å². The van der Waals surface area contributed by atoms with Crippen LogP contribution in [0.1, 0.15) is 0 Å². The summed E-state index contributed by atoms with van der Waals surface area (Å²) >= 11 is 0. The summed E-state index contributed by atoms with van der Waals surface area (Å²) in [7, 11) is 1.63. The van der Waals surface area contributed by atoms with Crippen molar-refractivity contribution in [3.8, 4) is 16.9 Å². The molecule has 0 aliphatic rings. The van der Waals surface area contributed by atoms with Crippen molar-refractivity contribution in [3.63, 3.8) is 0 Å². The predicted octanol–water partition coefficient (Wildman–Crippen LogP) is 4.60. The topological polar surface area (TPSA) is 35.0 Å². The Balaban J connectivity index is 1.97. The third kappa shape index (κ3) is 2.28. The molecule has 0 atom stereocenters. The van der Waals surface area contributed by atoms with Crippen LogP contribution in [-0.4, -0.2) is 17.1 Å². The molecule has 0 saturated carbocycles. The highest BCUT2D eigenvalue weighted by atomic mass is 19.1. The van der Waals surface area contributed by atoms with Gasteiger partial charge >= 0.3 is 0 Å². The Bertz CT molecular complexity index is 1010. The Labute approximate surface area is 132 Å². The molecule has 0 spiro atoms. The Morgan fingerprint density at radius 3 is 2.52 bits per heavy atom. The van der Waals surface area contributed by atoms with Crippen LogP contribution in [0.2, 0.25) is 0 Å². The highest BCUT2D eigenvalue weighted by molar-refractivity contribution is 6.07. The number of hydrogen-bond acceptors (Lipinski definition) is 3. The first-order chi connectivity index (χ1) is 11.3. The van der Waals surface area contributed by atoms with Crippen molar-refractivity contribution in [2.75, 3.05) is 7.11 Å². The fraction of sp³-hybridized carbons (Fsp3) is 0.0526. The molecular formula is C19H13FN2O. The monoisotopic (exact) mass is 304 g/mol. The van der Waals surface area contributed by atoms with Crippen LogP contribution in [0, 0.1) is 5.82 Å². The molecule has 0 unspecified atom stereocenters. The van der Waals surface area contributed by atoms with E-state index in [4.69, 9.17) is 4.74 Å². The predicted molar refractivity (Wildman–Crippen MR) is 89.0 cm³/mol. The van der Waals surface area contributed by atoms with Crippen molar-refractivity contribution >= 4 is 21.7 Å². The summed E-state index contributed by atoms with van der Waals surface area (Å²) in [4.78, 5) is 8.47. The van der Waals surface area contributed by atoms with E-state index in [0.29, 0.717) is 5.52 Å². The highest BCUT2D eigenvalue weighted by Gasteiger charge is 2.09. The molecule has 0 amide bonds. The Morgan fingerprint density at radius 2 is 1.74 bits per heavy atom. The van der Waals surface area contributed by atoms with Gasteiger partial charge in [0, 0.05) is 34.9 Å². The van der Waals surface area contributed by atoms with E-state index in [1.165, 1.54) is 6.07 Å². The molecule has 3 nitrogen and oxygen atoms in total. The molecule has 2 heterocycles. The summed E-state index contributed by atoms with van der Waals surface area (Å²) in [6.45, 7) is 0. The van der Waals surface area contributed by atoms with Gasteiger partial charge in [-0.15, -0.1) is 0 Å². The molecule has 4 rings (SSSR count). The number of fused-ring (bicyclic) bond motifs is 3. The normalized spacial score (nSPS) is 11.0. The standard InChI is InChI=1S/C19H13FN2O/c1-23-15-4-2-12(3-5-15)14-8-16-17-11-21-7-6-13(17)9-18(20)19(16)22-10-14/h2-11H,1H3. The molecule has 0 N–H and O–H groups in total. The van der Waals surface area contributed by atoms with Crippen LogP contribution in [0.3, 0.4) is 0 Å². The maximum absolute atomic E-state index is 14.2. The lowest BCUT2D eigenvalue weighted by Crippen LogP contribution is -1.89. The molecule has 4 aromatic rings. The molecule has 0 aliphatic carbocycles. The first-order valence-electron chi connectivity index (χ1n) is 7.22. The van der Waals surface area contributed by atoms with Gasteiger partial charge in [-0.25, -0.2) is 4.39 Å². The van der Waals surface area contributed by atoms with Crippen molar-refractivity contribution in [3.05, 3.63) is 66.9 Å². The second kappa shape index (κ2) is 5.32. The molecule has 2 aromatic carbocycles. The first-order valence-corrected chi connectivity index (χ1v) is 7.22. The minimum atomic E-state index is -0.319. The summed E-state index contributed by atoms with van der Waals surface area (Å²) in [5, 5.41) is 2.48. The van der Waals surface area contributed by atoms with E-state index in [1.54, 1.807) is 31.8 Å². The second-order valence-electron chi connectivity index (χ2n) is 5.30. The Kier molecular flexibility index (Phi) is 3.15. The van der Waals surface area contributed by atoms with Crippen LogP contribution in [0.15, 0.2) is 61.1 Å². The van der Waals surface area contributed by atoms with Crippen molar-refractivity contribution < 1.29 is 9.13 Å². The summed E-state index contributed by atoms with van der Waals surface area (Å²) in [6, 6.07) is 13.0. The number of hydrogen-bond donors (Lipinski definition) is 0. The Morgan fingerprint density at radius 1 is 0.913 bits per heavy atom. The van der Waals surface area contributed by atoms with Crippen LogP contribution >= 0.6 is 0 Å². The van der Waals surface area contributed by atoms with E-state index in [2.05, 4.69) is 9.97 Å². The van der Waals surface area contributed by atoms with Gasteiger partial charge in [0.05, 0.1) is 7.11 Å². The largest absolute Gasteiger partial charge is 0.497 e. The van der Waals surface area contributed by atoms with Crippen molar-refractivity contribution in [2.24, 2.45) is 0 Å². The van der Waals surface area contributed by atoms with Gasteiger partial charge in [-0.1, -0.05) is 12.1 Å². The van der Waals surface area contributed by atoms with Crippen LogP contribution < -0.4 is 4.74 Å². The molecule has 4 heteroatoms. The van der Waals surface area contributed by atoms with Crippen LogP contribution in [0.4, 0.5) is 4.39 Å². The van der Waals surface area contributed by atoms with Crippen molar-refractivity contribution in [2.45, 2.75) is 0 Å². The minimum absolute atomic E-state index is 0.319. The molecule has 23 heavy (non-hydrogen) atoms. The maximum Gasteiger partial charge on any atom is 0.150 e. The van der Waals surface area contributed by atoms with E-state index < -0.39 is 0 Å². The average Bonchev–Trinajstić information content (AvgIpc) is 2.61.